The van der Waals surface area contributed by atoms with Crippen molar-refractivity contribution in [1.29, 1.82) is 0 Å². The van der Waals surface area contributed by atoms with Crippen LogP contribution in [0.25, 0.3) is 0 Å². The van der Waals surface area contributed by atoms with Crippen molar-refractivity contribution in [3.63, 3.8) is 0 Å². The van der Waals surface area contributed by atoms with E-state index >= 15 is 0 Å². The van der Waals surface area contributed by atoms with Crippen LogP contribution >= 0.6 is 0 Å². The van der Waals surface area contributed by atoms with Gasteiger partial charge in [-0.3, -0.25) is 0 Å². The molecule has 0 bridgehead atoms. The van der Waals surface area contributed by atoms with E-state index < -0.39 is 10.0 Å². The predicted octanol–water partition coefficient (Wildman–Crippen LogP) is 1.34. The highest BCUT2D eigenvalue weighted by Gasteiger charge is 2.24. The first-order chi connectivity index (χ1) is 7.85. The maximum atomic E-state index is 11.9. The Morgan fingerprint density at radius 1 is 1.41 bits per heavy atom. The quantitative estimate of drug-likeness (QED) is 0.728. The maximum Gasteiger partial charge on any atom is 0.211 e. The van der Waals surface area contributed by atoms with Crippen LogP contribution in [0.3, 0.4) is 0 Å². The molecule has 1 saturated heterocycles. The second kappa shape index (κ2) is 6.16. The summed E-state index contributed by atoms with van der Waals surface area (Å²) in [5, 5.41) is 3.20. The Bertz CT molecular complexity index is 319. The molecule has 0 aromatic carbocycles. The number of hydrogen-bond donors (Lipinski definition) is 2. The van der Waals surface area contributed by atoms with E-state index in [4.69, 9.17) is 0 Å². The molecule has 1 atom stereocenters. The molecular formula is C12H26N2O2S. The lowest BCUT2D eigenvalue weighted by Gasteiger charge is -2.24. The van der Waals surface area contributed by atoms with Crippen LogP contribution in [-0.4, -0.2) is 33.8 Å². The van der Waals surface area contributed by atoms with Crippen LogP contribution in [0.5, 0.6) is 0 Å². The Kier molecular flexibility index (Phi) is 5.41. The van der Waals surface area contributed by atoms with E-state index in [0.29, 0.717) is 6.54 Å². The zero-order chi connectivity index (χ0) is 12.9. The topological polar surface area (TPSA) is 58.2 Å². The molecule has 0 spiro atoms. The highest BCUT2D eigenvalue weighted by molar-refractivity contribution is 7.89. The molecule has 0 saturated carbocycles. The van der Waals surface area contributed by atoms with Crippen LogP contribution in [-0.2, 0) is 10.0 Å². The van der Waals surface area contributed by atoms with Crippen molar-refractivity contribution in [1.82, 2.24) is 10.0 Å². The molecule has 0 amide bonds. The molecule has 1 aliphatic rings. The summed E-state index contributed by atoms with van der Waals surface area (Å²) >= 11 is 0. The van der Waals surface area contributed by atoms with Crippen molar-refractivity contribution in [3.05, 3.63) is 0 Å². The fourth-order valence-corrected chi connectivity index (χ4v) is 3.93. The van der Waals surface area contributed by atoms with Gasteiger partial charge in [-0.1, -0.05) is 27.2 Å². The molecule has 0 radical (unpaired) electrons. The van der Waals surface area contributed by atoms with Crippen LogP contribution in [0.1, 0.15) is 40.0 Å². The summed E-state index contributed by atoms with van der Waals surface area (Å²) in [6, 6.07) is 0. The molecule has 102 valence electrons. The lowest BCUT2D eigenvalue weighted by atomic mass is 9.88. The Morgan fingerprint density at radius 2 is 2.12 bits per heavy atom. The molecule has 1 heterocycles. The van der Waals surface area contributed by atoms with Gasteiger partial charge in [0.2, 0.25) is 10.0 Å². The third-order valence-corrected chi connectivity index (χ3v) is 4.81. The number of hydrogen-bond acceptors (Lipinski definition) is 3. The minimum Gasteiger partial charge on any atom is -0.316 e. The fraction of sp³-hybridized carbons (Fsp3) is 1.00. The molecule has 1 fully saturated rings. The molecule has 5 heteroatoms. The molecule has 0 aromatic heterocycles. The molecule has 17 heavy (non-hydrogen) atoms. The first-order valence-electron chi connectivity index (χ1n) is 6.53. The van der Waals surface area contributed by atoms with Crippen molar-refractivity contribution in [2.75, 3.05) is 25.4 Å². The third-order valence-electron chi connectivity index (χ3n) is 3.31. The van der Waals surface area contributed by atoms with Gasteiger partial charge in [-0.15, -0.1) is 0 Å². The largest absolute Gasteiger partial charge is 0.316 e. The van der Waals surface area contributed by atoms with E-state index in [-0.39, 0.29) is 17.1 Å². The summed E-state index contributed by atoms with van der Waals surface area (Å²) in [5.74, 6) is 0.546. The van der Waals surface area contributed by atoms with Gasteiger partial charge in [-0.05, 0) is 37.3 Å². The second-order valence-electron chi connectivity index (χ2n) is 5.88. The number of nitrogens with one attached hydrogen (secondary N) is 2. The summed E-state index contributed by atoms with van der Waals surface area (Å²) < 4.78 is 26.6. The van der Waals surface area contributed by atoms with Gasteiger partial charge in [0.15, 0.2) is 0 Å². The van der Waals surface area contributed by atoms with Gasteiger partial charge in [0.25, 0.3) is 0 Å². The lowest BCUT2D eigenvalue weighted by molar-refractivity contribution is 0.330. The smallest absolute Gasteiger partial charge is 0.211 e. The molecule has 1 unspecified atom stereocenters. The average molecular weight is 262 g/mol. The van der Waals surface area contributed by atoms with Crippen molar-refractivity contribution in [2.45, 2.75) is 40.0 Å². The number of rotatable bonds is 7. The Hall–Kier alpha value is -0.130. The average Bonchev–Trinajstić information content (AvgIpc) is 2.67. The summed E-state index contributed by atoms with van der Waals surface area (Å²) in [5.41, 5.74) is 0.0513. The van der Waals surface area contributed by atoms with Crippen molar-refractivity contribution < 1.29 is 8.42 Å². The minimum absolute atomic E-state index is 0.0513. The maximum absolute atomic E-state index is 11.9. The van der Waals surface area contributed by atoms with Gasteiger partial charge in [-0.25, -0.2) is 13.1 Å². The summed E-state index contributed by atoms with van der Waals surface area (Å²) in [7, 11) is -3.11. The zero-order valence-corrected chi connectivity index (χ0v) is 12.1. The Labute approximate surface area is 106 Å². The van der Waals surface area contributed by atoms with E-state index in [2.05, 4.69) is 30.8 Å². The standard InChI is InChI=1S/C12H26N2O2S/c1-4-6-12(2,3)10-14-17(15,16)9-11-5-7-13-8-11/h11,13-14H,4-10H2,1-3H3. The van der Waals surface area contributed by atoms with Crippen LogP contribution in [0.4, 0.5) is 0 Å². The first-order valence-corrected chi connectivity index (χ1v) is 8.18. The number of sulfonamides is 1. The van der Waals surface area contributed by atoms with E-state index in [0.717, 1.165) is 32.4 Å². The van der Waals surface area contributed by atoms with Crippen LogP contribution in [0.2, 0.25) is 0 Å². The third kappa shape index (κ3) is 5.84. The molecule has 2 N–H and O–H groups in total. The van der Waals surface area contributed by atoms with Crippen LogP contribution < -0.4 is 10.0 Å². The molecule has 0 aromatic rings. The van der Waals surface area contributed by atoms with Gasteiger partial charge >= 0.3 is 0 Å². The Morgan fingerprint density at radius 3 is 2.65 bits per heavy atom. The van der Waals surface area contributed by atoms with Crippen molar-refractivity contribution in [2.24, 2.45) is 11.3 Å². The monoisotopic (exact) mass is 262 g/mol. The van der Waals surface area contributed by atoms with Gasteiger partial charge in [0.05, 0.1) is 5.75 Å². The van der Waals surface area contributed by atoms with Crippen molar-refractivity contribution >= 4 is 10.0 Å². The predicted molar refractivity (Wildman–Crippen MR) is 71.5 cm³/mol. The molecular weight excluding hydrogens is 236 g/mol. The zero-order valence-electron chi connectivity index (χ0n) is 11.3. The van der Waals surface area contributed by atoms with Gasteiger partial charge in [0.1, 0.15) is 0 Å². The van der Waals surface area contributed by atoms with Crippen molar-refractivity contribution in [3.8, 4) is 0 Å². The molecule has 0 aliphatic carbocycles. The van der Waals surface area contributed by atoms with Gasteiger partial charge in [-0.2, -0.15) is 0 Å². The normalized spacial score (nSPS) is 21.9. The van der Waals surface area contributed by atoms with E-state index in [1.165, 1.54) is 0 Å². The summed E-state index contributed by atoms with van der Waals surface area (Å²) in [6.07, 6.45) is 3.10. The molecule has 4 nitrogen and oxygen atoms in total. The highest BCUT2D eigenvalue weighted by Crippen LogP contribution is 2.21. The van der Waals surface area contributed by atoms with Gasteiger partial charge in [0, 0.05) is 6.54 Å². The van der Waals surface area contributed by atoms with E-state index in [1.54, 1.807) is 0 Å². The van der Waals surface area contributed by atoms with E-state index in [1.807, 2.05) is 0 Å². The van der Waals surface area contributed by atoms with Gasteiger partial charge < -0.3 is 5.32 Å². The minimum atomic E-state index is -3.11. The molecule has 1 aliphatic heterocycles. The molecule has 1 rings (SSSR count). The SMILES string of the molecule is CCCC(C)(C)CNS(=O)(=O)CC1CCNC1. The second-order valence-corrected chi connectivity index (χ2v) is 7.73. The summed E-state index contributed by atoms with van der Waals surface area (Å²) in [6.45, 7) is 8.66. The Balaban J connectivity index is 2.38. The highest BCUT2D eigenvalue weighted by atomic mass is 32.2. The first kappa shape index (κ1) is 14.9. The summed E-state index contributed by atoms with van der Waals surface area (Å²) in [4.78, 5) is 0. The lowest BCUT2D eigenvalue weighted by Crippen LogP contribution is -2.37. The van der Waals surface area contributed by atoms with Crippen LogP contribution in [0, 0.1) is 11.3 Å². The fourth-order valence-electron chi connectivity index (χ4n) is 2.30. The van der Waals surface area contributed by atoms with E-state index in [9.17, 15) is 8.42 Å². The van der Waals surface area contributed by atoms with Crippen LogP contribution in [0.15, 0.2) is 0 Å².